The Hall–Kier alpha value is -1.36. The van der Waals surface area contributed by atoms with E-state index in [9.17, 15) is 4.79 Å². The summed E-state index contributed by atoms with van der Waals surface area (Å²) in [4.78, 5) is 18.1. The van der Waals surface area contributed by atoms with Crippen molar-refractivity contribution < 1.29 is 4.79 Å². The van der Waals surface area contributed by atoms with E-state index < -0.39 is 0 Å². The molecular weight excluding hydrogens is 216 g/mol. The largest absolute Gasteiger partial charge is 0.348 e. The van der Waals surface area contributed by atoms with Crippen molar-refractivity contribution in [3.05, 3.63) is 17.2 Å². The summed E-state index contributed by atoms with van der Waals surface area (Å²) < 4.78 is 2.01. The molecule has 0 unspecified atom stereocenters. The summed E-state index contributed by atoms with van der Waals surface area (Å²) in [5.41, 5.74) is 2.15. The molecule has 5 heteroatoms. The van der Waals surface area contributed by atoms with E-state index in [2.05, 4.69) is 10.3 Å². The Morgan fingerprint density at radius 2 is 2.06 bits per heavy atom. The Balaban J connectivity index is 2.62. The summed E-state index contributed by atoms with van der Waals surface area (Å²) in [5.74, 6) is 0.910. The average molecular weight is 238 g/mol. The minimum absolute atomic E-state index is 0.0216. The van der Waals surface area contributed by atoms with E-state index in [0.717, 1.165) is 17.2 Å². The van der Waals surface area contributed by atoms with Crippen molar-refractivity contribution in [3.8, 4) is 0 Å². The van der Waals surface area contributed by atoms with Crippen molar-refractivity contribution in [2.75, 3.05) is 14.1 Å². The molecule has 0 bridgehead atoms. The van der Waals surface area contributed by atoms with Crippen LogP contribution in [0.5, 0.6) is 0 Å². The van der Waals surface area contributed by atoms with Gasteiger partial charge in [0.15, 0.2) is 0 Å². The molecule has 96 valence electrons. The van der Waals surface area contributed by atoms with Gasteiger partial charge in [-0.1, -0.05) is 0 Å². The first-order valence-corrected chi connectivity index (χ1v) is 5.77. The molecule has 0 fully saturated rings. The van der Waals surface area contributed by atoms with Crippen molar-refractivity contribution in [2.45, 2.75) is 33.4 Å². The lowest BCUT2D eigenvalue weighted by Crippen LogP contribution is -2.41. The number of aromatic nitrogens is 2. The third-order valence-corrected chi connectivity index (χ3v) is 3.29. The Morgan fingerprint density at radius 1 is 1.47 bits per heavy atom. The Labute approximate surface area is 103 Å². The van der Waals surface area contributed by atoms with Crippen LogP contribution >= 0.6 is 0 Å². The maximum Gasteiger partial charge on any atom is 0.237 e. The van der Waals surface area contributed by atoms with Crippen LogP contribution in [0.1, 0.15) is 24.1 Å². The van der Waals surface area contributed by atoms with Crippen molar-refractivity contribution >= 4 is 5.91 Å². The average Bonchev–Trinajstić information content (AvgIpc) is 2.52. The molecule has 0 aliphatic rings. The number of hydrogen-bond acceptors (Lipinski definition) is 3. The fourth-order valence-corrected chi connectivity index (χ4v) is 1.49. The predicted molar refractivity (Wildman–Crippen MR) is 67.7 cm³/mol. The van der Waals surface area contributed by atoms with Gasteiger partial charge < -0.3 is 9.88 Å². The topological polar surface area (TPSA) is 50.2 Å². The molecular formula is C12H22N4O. The SMILES string of the molecule is Cc1nc(CNC(=O)[C@H](C)N(C)C)n(C)c1C. The minimum Gasteiger partial charge on any atom is -0.348 e. The zero-order chi connectivity index (χ0) is 13.2. The monoisotopic (exact) mass is 238 g/mol. The number of nitrogens with zero attached hydrogens (tertiary/aromatic N) is 3. The van der Waals surface area contributed by atoms with Gasteiger partial charge in [-0.2, -0.15) is 0 Å². The summed E-state index contributed by atoms with van der Waals surface area (Å²) in [5, 5.41) is 2.90. The summed E-state index contributed by atoms with van der Waals surface area (Å²) in [7, 11) is 5.74. The predicted octanol–water partition coefficient (Wildman–Crippen LogP) is 0.603. The first-order chi connectivity index (χ1) is 7.84. The first-order valence-electron chi connectivity index (χ1n) is 5.77. The maximum atomic E-state index is 11.8. The molecule has 1 N–H and O–H groups in total. The molecule has 1 aromatic rings. The third-order valence-electron chi connectivity index (χ3n) is 3.29. The van der Waals surface area contributed by atoms with Gasteiger partial charge in [-0.05, 0) is 34.9 Å². The lowest BCUT2D eigenvalue weighted by Gasteiger charge is -2.18. The molecule has 0 spiro atoms. The van der Waals surface area contributed by atoms with E-state index in [1.165, 1.54) is 0 Å². The molecule has 5 nitrogen and oxygen atoms in total. The first kappa shape index (κ1) is 13.7. The van der Waals surface area contributed by atoms with Gasteiger partial charge in [0.2, 0.25) is 5.91 Å². The molecule has 0 radical (unpaired) electrons. The van der Waals surface area contributed by atoms with Crippen LogP contribution in [0.2, 0.25) is 0 Å². The molecule has 0 aromatic carbocycles. The zero-order valence-corrected chi connectivity index (χ0v) is 11.5. The summed E-state index contributed by atoms with van der Waals surface area (Å²) >= 11 is 0. The van der Waals surface area contributed by atoms with E-state index in [-0.39, 0.29) is 11.9 Å². The van der Waals surface area contributed by atoms with Crippen LogP contribution in [0.3, 0.4) is 0 Å². The van der Waals surface area contributed by atoms with Gasteiger partial charge in [0.05, 0.1) is 18.3 Å². The van der Waals surface area contributed by atoms with Crippen molar-refractivity contribution in [3.63, 3.8) is 0 Å². The number of likely N-dealkylation sites (N-methyl/N-ethyl adjacent to an activating group) is 1. The summed E-state index contributed by atoms with van der Waals surface area (Å²) in [6, 6.07) is -0.127. The molecule has 0 aliphatic carbocycles. The van der Waals surface area contributed by atoms with Crippen molar-refractivity contribution in [1.82, 2.24) is 19.8 Å². The fraction of sp³-hybridized carbons (Fsp3) is 0.667. The van der Waals surface area contributed by atoms with Crippen LogP contribution < -0.4 is 5.32 Å². The van der Waals surface area contributed by atoms with Crippen LogP contribution in [0.25, 0.3) is 0 Å². The highest BCUT2D eigenvalue weighted by Crippen LogP contribution is 2.07. The molecule has 1 amide bonds. The van der Waals surface area contributed by atoms with Gasteiger partial charge in [0, 0.05) is 12.7 Å². The second-order valence-electron chi connectivity index (χ2n) is 4.62. The normalized spacial score (nSPS) is 12.9. The Kier molecular flexibility index (Phi) is 4.28. The molecule has 1 rings (SSSR count). The number of imidazole rings is 1. The number of amides is 1. The highest BCUT2D eigenvalue weighted by atomic mass is 16.2. The Bertz CT molecular complexity index is 409. The van der Waals surface area contributed by atoms with Gasteiger partial charge in [0.25, 0.3) is 0 Å². The third kappa shape index (κ3) is 3.06. The second kappa shape index (κ2) is 5.31. The van der Waals surface area contributed by atoms with E-state index in [4.69, 9.17) is 0 Å². The minimum atomic E-state index is -0.127. The van der Waals surface area contributed by atoms with E-state index in [1.54, 1.807) is 0 Å². The highest BCUT2D eigenvalue weighted by molar-refractivity contribution is 5.81. The lowest BCUT2D eigenvalue weighted by atomic mass is 10.3. The molecule has 1 aromatic heterocycles. The standard InChI is InChI=1S/C12H22N4O/c1-8-9(2)16(6)11(14-8)7-13-12(17)10(3)15(4)5/h10H,7H2,1-6H3,(H,13,17)/t10-/m0/s1. The number of carbonyl (C=O) groups excluding carboxylic acids is 1. The summed E-state index contributed by atoms with van der Waals surface area (Å²) in [6.07, 6.45) is 0. The van der Waals surface area contributed by atoms with Crippen molar-refractivity contribution in [2.24, 2.45) is 7.05 Å². The number of carbonyl (C=O) groups is 1. The van der Waals surface area contributed by atoms with Crippen LogP contribution in [-0.4, -0.2) is 40.5 Å². The van der Waals surface area contributed by atoms with Gasteiger partial charge >= 0.3 is 0 Å². The highest BCUT2D eigenvalue weighted by Gasteiger charge is 2.15. The zero-order valence-electron chi connectivity index (χ0n) is 11.5. The van der Waals surface area contributed by atoms with E-state index in [0.29, 0.717) is 6.54 Å². The molecule has 0 saturated carbocycles. The molecule has 1 atom stereocenters. The maximum absolute atomic E-state index is 11.8. The molecule has 0 saturated heterocycles. The molecule has 1 heterocycles. The quantitative estimate of drug-likeness (QED) is 0.836. The van der Waals surface area contributed by atoms with E-state index in [1.807, 2.05) is 51.4 Å². The van der Waals surface area contributed by atoms with Crippen LogP contribution in [-0.2, 0) is 18.4 Å². The van der Waals surface area contributed by atoms with Gasteiger partial charge in [-0.3, -0.25) is 9.69 Å². The summed E-state index contributed by atoms with van der Waals surface area (Å²) in [6.45, 7) is 6.35. The van der Waals surface area contributed by atoms with Crippen LogP contribution in [0.15, 0.2) is 0 Å². The van der Waals surface area contributed by atoms with Crippen LogP contribution in [0.4, 0.5) is 0 Å². The smallest absolute Gasteiger partial charge is 0.237 e. The lowest BCUT2D eigenvalue weighted by molar-refractivity contribution is -0.125. The van der Waals surface area contributed by atoms with Gasteiger partial charge in [-0.25, -0.2) is 4.98 Å². The number of rotatable bonds is 4. The number of nitrogens with one attached hydrogen (secondary N) is 1. The second-order valence-corrected chi connectivity index (χ2v) is 4.62. The van der Waals surface area contributed by atoms with Crippen LogP contribution in [0, 0.1) is 13.8 Å². The van der Waals surface area contributed by atoms with E-state index >= 15 is 0 Å². The Morgan fingerprint density at radius 3 is 2.47 bits per heavy atom. The molecule has 0 aliphatic heterocycles. The van der Waals surface area contributed by atoms with Gasteiger partial charge in [-0.15, -0.1) is 0 Å². The van der Waals surface area contributed by atoms with Crippen molar-refractivity contribution in [1.29, 1.82) is 0 Å². The number of hydrogen-bond donors (Lipinski definition) is 1. The fourth-order valence-electron chi connectivity index (χ4n) is 1.49. The van der Waals surface area contributed by atoms with Gasteiger partial charge in [0.1, 0.15) is 5.82 Å². The molecule has 17 heavy (non-hydrogen) atoms. The number of aryl methyl sites for hydroxylation is 1.